The van der Waals surface area contributed by atoms with E-state index < -0.39 is 0 Å². The summed E-state index contributed by atoms with van der Waals surface area (Å²) in [6.45, 7) is 4.15. The second-order valence-corrected chi connectivity index (χ2v) is 7.50. The molecule has 5 rings (SSSR count). The summed E-state index contributed by atoms with van der Waals surface area (Å²) >= 11 is 0. The van der Waals surface area contributed by atoms with Gasteiger partial charge >= 0.3 is 5.63 Å². The third-order valence-corrected chi connectivity index (χ3v) is 5.55. The zero-order valence-electron chi connectivity index (χ0n) is 15.8. The fourth-order valence-corrected chi connectivity index (χ4v) is 3.94. The highest BCUT2D eigenvalue weighted by atomic mass is 16.4. The predicted molar refractivity (Wildman–Crippen MR) is 111 cm³/mol. The Morgan fingerprint density at radius 2 is 2.11 bits per heavy atom. The second kappa shape index (κ2) is 6.83. The summed E-state index contributed by atoms with van der Waals surface area (Å²) < 4.78 is 5.70. The van der Waals surface area contributed by atoms with Gasteiger partial charge in [-0.3, -0.25) is 0 Å². The van der Waals surface area contributed by atoms with Crippen molar-refractivity contribution in [3.05, 3.63) is 58.7 Å². The van der Waals surface area contributed by atoms with Crippen LogP contribution in [0.4, 0.5) is 5.69 Å². The molecule has 1 aromatic heterocycles. The molecule has 1 saturated heterocycles. The zero-order valence-corrected chi connectivity index (χ0v) is 15.8. The number of hydrogen-bond acceptors (Lipinski definition) is 7. The van der Waals surface area contributed by atoms with Crippen molar-refractivity contribution in [1.82, 2.24) is 15.1 Å². The van der Waals surface area contributed by atoms with Gasteiger partial charge in [0.1, 0.15) is 11.7 Å². The maximum absolute atomic E-state index is 12.7. The molecular formula is C21H23N5O2. The van der Waals surface area contributed by atoms with E-state index in [4.69, 9.17) is 4.42 Å². The number of likely N-dealkylation sites (N-methyl/N-ethyl adjacent to an activating group) is 1. The summed E-state index contributed by atoms with van der Waals surface area (Å²) in [6, 6.07) is 8.04. The number of fused-ring (bicyclic) bond motifs is 2. The van der Waals surface area contributed by atoms with Gasteiger partial charge in [-0.15, -0.1) is 0 Å². The van der Waals surface area contributed by atoms with Crippen LogP contribution in [0.5, 0.6) is 0 Å². The normalized spacial score (nSPS) is 22.2. The first-order valence-corrected chi connectivity index (χ1v) is 9.65. The summed E-state index contributed by atoms with van der Waals surface area (Å²) in [5.74, 6) is 0. The molecule has 0 bridgehead atoms. The van der Waals surface area contributed by atoms with Crippen LogP contribution in [0.15, 0.2) is 56.9 Å². The molecule has 2 aromatic rings. The van der Waals surface area contributed by atoms with Gasteiger partial charge in [-0.25, -0.2) is 9.79 Å². The number of nitrogens with zero attached hydrogens (tertiary/aromatic N) is 4. The Kier molecular flexibility index (Phi) is 4.16. The van der Waals surface area contributed by atoms with Gasteiger partial charge in [-0.1, -0.05) is 0 Å². The first-order valence-electron chi connectivity index (χ1n) is 9.65. The van der Waals surface area contributed by atoms with Crippen LogP contribution in [-0.4, -0.2) is 55.5 Å². The molecular weight excluding hydrogens is 354 g/mol. The third kappa shape index (κ3) is 3.07. The van der Waals surface area contributed by atoms with Gasteiger partial charge in [-0.05, 0) is 44.3 Å². The lowest BCUT2D eigenvalue weighted by atomic mass is 10.1. The van der Waals surface area contributed by atoms with Crippen LogP contribution in [0.2, 0.25) is 0 Å². The van der Waals surface area contributed by atoms with Gasteiger partial charge in [0, 0.05) is 49.2 Å². The van der Waals surface area contributed by atoms with Gasteiger partial charge in [0.25, 0.3) is 0 Å². The largest absolute Gasteiger partial charge is 0.422 e. The molecule has 1 fully saturated rings. The number of rotatable bonds is 2. The van der Waals surface area contributed by atoms with E-state index in [0.717, 1.165) is 49.4 Å². The fraction of sp³-hybridized carbons (Fsp3) is 0.333. The molecule has 3 aliphatic heterocycles. The third-order valence-electron chi connectivity index (χ3n) is 5.55. The molecule has 0 amide bonds. The number of nitrogens with one attached hydrogen (secondary N) is 1. The van der Waals surface area contributed by atoms with Crippen LogP contribution in [0.1, 0.15) is 12.0 Å². The standard InChI is InChI=1S/C21H23N5O2/c1-24-7-2-8-25(10-9-24)16-4-3-15-11-17(21(27)28-19(15)12-16)18-13-26-14-22-6-5-20(26)23-18/h3-6,11-14,20,23H,2,7-10H2,1H3. The average molecular weight is 377 g/mol. The smallest absolute Gasteiger partial charge is 0.345 e. The van der Waals surface area contributed by atoms with E-state index in [0.29, 0.717) is 11.1 Å². The Morgan fingerprint density at radius 1 is 1.18 bits per heavy atom. The lowest BCUT2D eigenvalue weighted by Gasteiger charge is -2.23. The highest BCUT2D eigenvalue weighted by Gasteiger charge is 2.25. The molecule has 7 nitrogen and oxygen atoms in total. The van der Waals surface area contributed by atoms with Crippen LogP contribution in [0, 0.1) is 0 Å². The highest BCUT2D eigenvalue weighted by molar-refractivity contribution is 5.84. The summed E-state index contributed by atoms with van der Waals surface area (Å²) in [5, 5.41) is 4.24. The Bertz CT molecular complexity index is 1050. The molecule has 1 unspecified atom stereocenters. The average Bonchev–Trinajstić information content (AvgIpc) is 3.01. The Hall–Kier alpha value is -3.06. The van der Waals surface area contributed by atoms with Crippen molar-refractivity contribution in [3.63, 3.8) is 0 Å². The molecule has 1 aromatic carbocycles. The van der Waals surface area contributed by atoms with Crippen LogP contribution in [0.25, 0.3) is 16.7 Å². The number of anilines is 1. The second-order valence-electron chi connectivity index (χ2n) is 7.50. The van der Waals surface area contributed by atoms with Gasteiger partial charge in [0.05, 0.1) is 17.6 Å². The minimum atomic E-state index is -0.334. The SMILES string of the molecule is CN1CCCN(c2ccc3cc(C4=CN5C=NC=CC5N4)c(=O)oc3c2)CC1. The van der Waals surface area contributed by atoms with Crippen LogP contribution in [-0.2, 0) is 0 Å². The predicted octanol–water partition coefficient (Wildman–Crippen LogP) is 2.02. The minimum Gasteiger partial charge on any atom is -0.422 e. The monoisotopic (exact) mass is 377 g/mol. The molecule has 3 aliphatic rings. The quantitative estimate of drug-likeness (QED) is 0.808. The summed E-state index contributed by atoms with van der Waals surface area (Å²) in [7, 11) is 2.16. The van der Waals surface area contributed by atoms with E-state index in [1.807, 2.05) is 35.4 Å². The lowest BCUT2D eigenvalue weighted by molar-refractivity contribution is 0.360. The van der Waals surface area contributed by atoms with E-state index >= 15 is 0 Å². The molecule has 7 heteroatoms. The maximum atomic E-state index is 12.7. The van der Waals surface area contributed by atoms with Gasteiger partial charge in [0.2, 0.25) is 0 Å². The summed E-state index contributed by atoms with van der Waals surface area (Å²) in [6.07, 6.45) is 8.43. The van der Waals surface area contributed by atoms with Crippen molar-refractivity contribution in [1.29, 1.82) is 0 Å². The molecule has 0 saturated carbocycles. The van der Waals surface area contributed by atoms with E-state index in [1.54, 1.807) is 12.5 Å². The Morgan fingerprint density at radius 3 is 3.00 bits per heavy atom. The maximum Gasteiger partial charge on any atom is 0.345 e. The van der Waals surface area contributed by atoms with Gasteiger partial charge in [-0.2, -0.15) is 0 Å². The molecule has 0 spiro atoms. The molecule has 28 heavy (non-hydrogen) atoms. The van der Waals surface area contributed by atoms with Crippen molar-refractivity contribution >= 4 is 28.7 Å². The molecule has 0 radical (unpaired) electrons. The molecule has 144 valence electrons. The number of hydrogen-bond donors (Lipinski definition) is 1. The lowest BCUT2D eigenvalue weighted by Crippen LogP contribution is -2.34. The Balaban J connectivity index is 1.46. The van der Waals surface area contributed by atoms with E-state index in [1.165, 1.54) is 0 Å². The molecule has 4 heterocycles. The topological polar surface area (TPSA) is 64.3 Å². The molecule has 1 N–H and O–H groups in total. The number of benzene rings is 1. The zero-order chi connectivity index (χ0) is 19.1. The van der Waals surface area contributed by atoms with Crippen molar-refractivity contribution in [3.8, 4) is 0 Å². The highest BCUT2D eigenvalue weighted by Crippen LogP contribution is 2.26. The fourth-order valence-electron chi connectivity index (χ4n) is 3.94. The van der Waals surface area contributed by atoms with Gasteiger partial charge < -0.3 is 24.4 Å². The molecule has 0 aliphatic carbocycles. The minimum absolute atomic E-state index is 0.00820. The number of aliphatic imine (C=N–C) groups is 1. The van der Waals surface area contributed by atoms with Crippen LogP contribution >= 0.6 is 0 Å². The van der Waals surface area contributed by atoms with E-state index in [-0.39, 0.29) is 11.8 Å². The van der Waals surface area contributed by atoms with Crippen molar-refractivity contribution in [2.75, 3.05) is 38.1 Å². The van der Waals surface area contributed by atoms with E-state index in [9.17, 15) is 4.79 Å². The van der Waals surface area contributed by atoms with Gasteiger partial charge in [0.15, 0.2) is 0 Å². The first-order chi connectivity index (χ1) is 13.7. The van der Waals surface area contributed by atoms with Crippen molar-refractivity contribution in [2.24, 2.45) is 4.99 Å². The summed E-state index contributed by atoms with van der Waals surface area (Å²) in [5.41, 5.74) is 2.68. The summed E-state index contributed by atoms with van der Waals surface area (Å²) in [4.78, 5) is 23.4. The van der Waals surface area contributed by atoms with Crippen molar-refractivity contribution in [2.45, 2.75) is 12.6 Å². The van der Waals surface area contributed by atoms with Crippen LogP contribution in [0.3, 0.4) is 0 Å². The molecule has 1 atom stereocenters. The first kappa shape index (κ1) is 17.1. The Labute approximate surface area is 163 Å². The van der Waals surface area contributed by atoms with E-state index in [2.05, 4.69) is 33.2 Å². The van der Waals surface area contributed by atoms with Crippen molar-refractivity contribution < 1.29 is 4.42 Å². The van der Waals surface area contributed by atoms with Crippen LogP contribution < -0.4 is 15.8 Å².